The van der Waals surface area contributed by atoms with Crippen LogP contribution in [0.5, 0.6) is 0 Å². The van der Waals surface area contributed by atoms with Gasteiger partial charge >= 0.3 is 6.18 Å². The van der Waals surface area contributed by atoms with E-state index in [2.05, 4.69) is 10.3 Å². The number of halogens is 4. The molecule has 3 rings (SSSR count). The number of rotatable bonds is 2. The molecule has 0 aliphatic carbocycles. The Labute approximate surface area is 111 Å². The summed E-state index contributed by atoms with van der Waals surface area (Å²) >= 11 is 0. The van der Waals surface area contributed by atoms with Crippen molar-refractivity contribution in [1.82, 2.24) is 15.0 Å². The molecule has 1 saturated heterocycles. The smallest absolute Gasteiger partial charge is 0.365 e. The molecular formula is C12H10F4N4. The molecule has 1 fully saturated rings. The second kappa shape index (κ2) is 4.46. The highest BCUT2D eigenvalue weighted by Crippen LogP contribution is 2.39. The predicted octanol–water partition coefficient (Wildman–Crippen LogP) is 2.44. The Morgan fingerprint density at radius 3 is 2.50 bits per heavy atom. The number of hydrogen-bond acceptors (Lipinski definition) is 3. The van der Waals surface area contributed by atoms with Crippen molar-refractivity contribution in [2.24, 2.45) is 0 Å². The first kappa shape index (κ1) is 12.9. The standard InChI is InChI=1S/C12H10F4N4/c13-8-6-19(7-8)11-5-9(20-4-3-17-18-20)1-2-10(11)12(14,15)16/h1-5,8H,6-7H2. The highest BCUT2D eigenvalue weighted by Gasteiger charge is 2.38. The van der Waals surface area contributed by atoms with E-state index in [1.54, 1.807) is 0 Å². The summed E-state index contributed by atoms with van der Waals surface area (Å²) in [7, 11) is 0. The van der Waals surface area contributed by atoms with Gasteiger partial charge in [0.15, 0.2) is 0 Å². The van der Waals surface area contributed by atoms with Crippen LogP contribution in [0.1, 0.15) is 5.56 Å². The summed E-state index contributed by atoms with van der Waals surface area (Å²) in [5.41, 5.74) is -0.347. The van der Waals surface area contributed by atoms with Crippen LogP contribution >= 0.6 is 0 Å². The maximum absolute atomic E-state index is 13.0. The maximum Gasteiger partial charge on any atom is 0.418 e. The Morgan fingerprint density at radius 1 is 1.20 bits per heavy atom. The van der Waals surface area contributed by atoms with Gasteiger partial charge in [-0.3, -0.25) is 0 Å². The number of nitrogens with zero attached hydrogens (tertiary/aromatic N) is 4. The third-order valence-corrected chi connectivity index (χ3v) is 3.15. The van der Waals surface area contributed by atoms with Gasteiger partial charge in [-0.15, -0.1) is 5.10 Å². The molecule has 1 aliphatic heterocycles. The van der Waals surface area contributed by atoms with E-state index in [9.17, 15) is 17.6 Å². The first-order valence-corrected chi connectivity index (χ1v) is 5.92. The number of hydrogen-bond donors (Lipinski definition) is 0. The zero-order valence-electron chi connectivity index (χ0n) is 10.2. The molecule has 0 atom stereocenters. The van der Waals surface area contributed by atoms with Crippen molar-refractivity contribution in [3.8, 4) is 5.69 Å². The van der Waals surface area contributed by atoms with Gasteiger partial charge < -0.3 is 4.90 Å². The topological polar surface area (TPSA) is 34.0 Å². The third kappa shape index (κ3) is 2.21. The summed E-state index contributed by atoms with van der Waals surface area (Å²) in [4.78, 5) is 1.37. The van der Waals surface area contributed by atoms with Crippen molar-refractivity contribution >= 4 is 5.69 Å². The summed E-state index contributed by atoms with van der Waals surface area (Å²) in [6.07, 6.45) is -2.59. The van der Waals surface area contributed by atoms with E-state index in [1.165, 1.54) is 34.1 Å². The van der Waals surface area contributed by atoms with E-state index in [0.717, 1.165) is 6.07 Å². The molecule has 2 heterocycles. The van der Waals surface area contributed by atoms with E-state index in [1.807, 2.05) is 0 Å². The number of aromatic nitrogens is 3. The molecule has 1 aromatic carbocycles. The van der Waals surface area contributed by atoms with Crippen LogP contribution in [0.15, 0.2) is 30.6 Å². The van der Waals surface area contributed by atoms with Crippen molar-refractivity contribution in [1.29, 1.82) is 0 Å². The van der Waals surface area contributed by atoms with Crippen molar-refractivity contribution in [2.75, 3.05) is 18.0 Å². The zero-order valence-corrected chi connectivity index (χ0v) is 10.2. The average molecular weight is 286 g/mol. The van der Waals surface area contributed by atoms with Crippen LogP contribution in [0.3, 0.4) is 0 Å². The molecule has 8 heteroatoms. The first-order chi connectivity index (χ1) is 9.45. The van der Waals surface area contributed by atoms with Crippen LogP contribution in [0.25, 0.3) is 5.69 Å². The summed E-state index contributed by atoms with van der Waals surface area (Å²) in [6.45, 7) is -0.0478. The lowest BCUT2D eigenvalue weighted by Gasteiger charge is -2.38. The number of anilines is 1. The second-order valence-electron chi connectivity index (χ2n) is 4.55. The Bertz CT molecular complexity index is 602. The largest absolute Gasteiger partial charge is 0.418 e. The summed E-state index contributed by atoms with van der Waals surface area (Å²) < 4.78 is 53.2. The second-order valence-corrected chi connectivity index (χ2v) is 4.55. The van der Waals surface area contributed by atoms with Crippen LogP contribution in [0.2, 0.25) is 0 Å². The fraction of sp³-hybridized carbons (Fsp3) is 0.333. The van der Waals surface area contributed by atoms with Gasteiger partial charge in [-0.25, -0.2) is 9.07 Å². The van der Waals surface area contributed by atoms with Gasteiger partial charge in [-0.2, -0.15) is 13.2 Å². The molecule has 20 heavy (non-hydrogen) atoms. The minimum absolute atomic E-state index is 0.0239. The minimum atomic E-state index is -4.47. The van der Waals surface area contributed by atoms with E-state index in [4.69, 9.17) is 0 Å². The van der Waals surface area contributed by atoms with E-state index in [0.29, 0.717) is 5.69 Å². The van der Waals surface area contributed by atoms with Crippen LogP contribution in [0, 0.1) is 0 Å². The molecule has 1 aliphatic rings. The molecule has 0 saturated carbocycles. The molecule has 0 amide bonds. The molecule has 106 valence electrons. The molecule has 2 aromatic rings. The Kier molecular flexibility index (Phi) is 2.88. The van der Waals surface area contributed by atoms with Crippen LogP contribution < -0.4 is 4.90 Å². The molecule has 1 aromatic heterocycles. The quantitative estimate of drug-likeness (QED) is 0.795. The van der Waals surface area contributed by atoms with Gasteiger partial charge in [0.05, 0.1) is 42.4 Å². The summed E-state index contributed by atoms with van der Waals surface area (Å²) in [5, 5.41) is 7.34. The SMILES string of the molecule is FC1CN(c2cc(-n3ccnn3)ccc2C(F)(F)F)C1. The lowest BCUT2D eigenvalue weighted by Crippen LogP contribution is -2.49. The van der Waals surface area contributed by atoms with Gasteiger partial charge in [0.2, 0.25) is 0 Å². The van der Waals surface area contributed by atoms with E-state index in [-0.39, 0.29) is 18.8 Å². The lowest BCUT2D eigenvalue weighted by molar-refractivity contribution is -0.137. The van der Waals surface area contributed by atoms with Gasteiger partial charge in [0.1, 0.15) is 6.17 Å². The molecule has 4 nitrogen and oxygen atoms in total. The first-order valence-electron chi connectivity index (χ1n) is 5.92. The van der Waals surface area contributed by atoms with Crippen molar-refractivity contribution < 1.29 is 17.6 Å². The molecule has 0 unspecified atom stereocenters. The van der Waals surface area contributed by atoms with Gasteiger partial charge in [-0.1, -0.05) is 5.21 Å². The molecular weight excluding hydrogens is 276 g/mol. The molecule has 0 radical (unpaired) electrons. The van der Waals surface area contributed by atoms with Gasteiger partial charge in [-0.05, 0) is 18.2 Å². The summed E-state index contributed by atoms with van der Waals surface area (Å²) in [6, 6.07) is 3.65. The van der Waals surface area contributed by atoms with Gasteiger partial charge in [0, 0.05) is 0 Å². The minimum Gasteiger partial charge on any atom is -0.365 e. The van der Waals surface area contributed by atoms with Crippen molar-refractivity contribution in [3.05, 3.63) is 36.2 Å². The molecule has 0 spiro atoms. The maximum atomic E-state index is 13.0. The van der Waals surface area contributed by atoms with Crippen LogP contribution in [-0.2, 0) is 6.18 Å². The Morgan fingerprint density at radius 2 is 1.95 bits per heavy atom. The summed E-state index contributed by atoms with van der Waals surface area (Å²) in [5.74, 6) is 0. The normalized spacial score (nSPS) is 16.3. The lowest BCUT2D eigenvalue weighted by atomic mass is 10.1. The predicted molar refractivity (Wildman–Crippen MR) is 63.5 cm³/mol. The number of benzene rings is 1. The van der Waals surface area contributed by atoms with Crippen LogP contribution in [0.4, 0.5) is 23.2 Å². The third-order valence-electron chi connectivity index (χ3n) is 3.15. The highest BCUT2D eigenvalue weighted by molar-refractivity contribution is 5.61. The van der Waals surface area contributed by atoms with Gasteiger partial charge in [0.25, 0.3) is 0 Å². The van der Waals surface area contributed by atoms with Crippen molar-refractivity contribution in [2.45, 2.75) is 12.3 Å². The van der Waals surface area contributed by atoms with Crippen LogP contribution in [-0.4, -0.2) is 34.3 Å². The number of alkyl halides is 4. The fourth-order valence-corrected chi connectivity index (χ4v) is 2.13. The zero-order chi connectivity index (χ0) is 14.3. The molecule has 0 N–H and O–H groups in total. The fourth-order valence-electron chi connectivity index (χ4n) is 2.13. The monoisotopic (exact) mass is 286 g/mol. The Hall–Kier alpha value is -2.12. The highest BCUT2D eigenvalue weighted by atomic mass is 19.4. The Balaban J connectivity index is 2.04. The average Bonchev–Trinajstić information content (AvgIpc) is 2.87. The van der Waals surface area contributed by atoms with Crippen molar-refractivity contribution in [3.63, 3.8) is 0 Å². The van der Waals surface area contributed by atoms with E-state index >= 15 is 0 Å². The molecule has 0 bridgehead atoms. The van der Waals surface area contributed by atoms with E-state index < -0.39 is 17.9 Å².